The van der Waals surface area contributed by atoms with Crippen LogP contribution in [-0.4, -0.2) is 18.4 Å². The molecule has 0 unspecified atom stereocenters. The van der Waals surface area contributed by atoms with Crippen molar-refractivity contribution in [1.29, 1.82) is 0 Å². The number of esters is 1. The lowest BCUT2D eigenvalue weighted by molar-refractivity contribution is -0.137. The van der Waals surface area contributed by atoms with Crippen molar-refractivity contribution in [2.24, 2.45) is 0 Å². The fourth-order valence-electron chi connectivity index (χ4n) is 1.09. The van der Waals surface area contributed by atoms with E-state index in [0.29, 0.717) is 5.56 Å². The van der Waals surface area contributed by atoms with Crippen LogP contribution in [0, 0.1) is 0 Å². The summed E-state index contributed by atoms with van der Waals surface area (Å²) in [6.07, 6.45) is 1.67. The first kappa shape index (κ1) is 11.2. The molecule has 0 fully saturated rings. The molecule has 0 atom stereocenters. The molecule has 15 heavy (non-hydrogen) atoms. The SMILES string of the molecule is C=Cc1ccc(C(=O)C(=O)OCC)cc1. The maximum Gasteiger partial charge on any atom is 0.379 e. The fraction of sp³-hybridized carbons (Fsp3) is 0.167. The van der Waals surface area contributed by atoms with Crippen molar-refractivity contribution in [2.75, 3.05) is 6.61 Å². The summed E-state index contributed by atoms with van der Waals surface area (Å²) in [6.45, 7) is 5.46. The molecule has 0 aromatic heterocycles. The summed E-state index contributed by atoms with van der Waals surface area (Å²) < 4.78 is 4.61. The first-order valence-electron chi connectivity index (χ1n) is 4.63. The molecule has 0 saturated heterocycles. The van der Waals surface area contributed by atoms with Gasteiger partial charge in [-0.15, -0.1) is 0 Å². The van der Waals surface area contributed by atoms with Gasteiger partial charge in [0.1, 0.15) is 0 Å². The Balaban J connectivity index is 2.82. The largest absolute Gasteiger partial charge is 0.460 e. The Labute approximate surface area is 88.4 Å². The highest BCUT2D eigenvalue weighted by molar-refractivity contribution is 6.40. The van der Waals surface area contributed by atoms with Crippen LogP contribution in [0.15, 0.2) is 30.8 Å². The van der Waals surface area contributed by atoms with E-state index in [2.05, 4.69) is 11.3 Å². The van der Waals surface area contributed by atoms with Crippen LogP contribution in [-0.2, 0) is 9.53 Å². The molecule has 78 valence electrons. The number of carbonyl (C=O) groups excluding carboxylic acids is 2. The van der Waals surface area contributed by atoms with Gasteiger partial charge in [-0.05, 0) is 12.5 Å². The van der Waals surface area contributed by atoms with Gasteiger partial charge in [0.25, 0.3) is 5.78 Å². The van der Waals surface area contributed by atoms with E-state index >= 15 is 0 Å². The quantitative estimate of drug-likeness (QED) is 0.428. The Hall–Kier alpha value is -1.90. The number of rotatable bonds is 4. The van der Waals surface area contributed by atoms with Gasteiger partial charge in [-0.3, -0.25) is 4.79 Å². The predicted molar refractivity (Wildman–Crippen MR) is 57.5 cm³/mol. The zero-order valence-corrected chi connectivity index (χ0v) is 8.53. The van der Waals surface area contributed by atoms with Crippen LogP contribution in [0.1, 0.15) is 22.8 Å². The number of ketones is 1. The summed E-state index contributed by atoms with van der Waals surface area (Å²) in [4.78, 5) is 22.5. The number of Topliss-reactive ketones (excluding diaryl/α,β-unsaturated/α-hetero) is 1. The van der Waals surface area contributed by atoms with Crippen LogP contribution in [0.5, 0.6) is 0 Å². The van der Waals surface area contributed by atoms with Crippen molar-refractivity contribution < 1.29 is 14.3 Å². The van der Waals surface area contributed by atoms with Gasteiger partial charge in [0.2, 0.25) is 0 Å². The van der Waals surface area contributed by atoms with Gasteiger partial charge in [-0.1, -0.05) is 36.9 Å². The van der Waals surface area contributed by atoms with Crippen LogP contribution < -0.4 is 0 Å². The first-order chi connectivity index (χ1) is 7.19. The van der Waals surface area contributed by atoms with Crippen molar-refractivity contribution in [3.8, 4) is 0 Å². The summed E-state index contributed by atoms with van der Waals surface area (Å²) >= 11 is 0. The fourth-order valence-corrected chi connectivity index (χ4v) is 1.09. The van der Waals surface area contributed by atoms with Gasteiger partial charge in [0.05, 0.1) is 6.61 Å². The van der Waals surface area contributed by atoms with Gasteiger partial charge in [0, 0.05) is 5.56 Å². The van der Waals surface area contributed by atoms with Crippen LogP contribution in [0.4, 0.5) is 0 Å². The van der Waals surface area contributed by atoms with E-state index in [-0.39, 0.29) is 6.61 Å². The molecule has 0 saturated carbocycles. The van der Waals surface area contributed by atoms with Gasteiger partial charge in [0.15, 0.2) is 0 Å². The Morgan fingerprint density at radius 1 is 1.33 bits per heavy atom. The number of ether oxygens (including phenoxy) is 1. The standard InChI is InChI=1S/C12H12O3/c1-3-9-5-7-10(8-6-9)11(13)12(14)15-4-2/h3,5-8H,1,4H2,2H3. The molecule has 0 spiro atoms. The summed E-state index contributed by atoms with van der Waals surface area (Å²) in [7, 11) is 0. The van der Waals surface area contributed by atoms with Crippen molar-refractivity contribution in [1.82, 2.24) is 0 Å². The van der Waals surface area contributed by atoms with E-state index < -0.39 is 11.8 Å². The monoisotopic (exact) mass is 204 g/mol. The summed E-state index contributed by atoms with van der Waals surface area (Å²) in [5, 5.41) is 0. The van der Waals surface area contributed by atoms with Crippen LogP contribution in [0.25, 0.3) is 6.08 Å². The zero-order chi connectivity index (χ0) is 11.3. The highest BCUT2D eigenvalue weighted by Crippen LogP contribution is 2.06. The van der Waals surface area contributed by atoms with Gasteiger partial charge in [-0.2, -0.15) is 0 Å². The highest BCUT2D eigenvalue weighted by atomic mass is 16.5. The van der Waals surface area contributed by atoms with Crippen molar-refractivity contribution >= 4 is 17.8 Å². The smallest absolute Gasteiger partial charge is 0.379 e. The third kappa shape index (κ3) is 2.77. The molecule has 0 aliphatic rings. The molecule has 0 aliphatic heterocycles. The lowest BCUT2D eigenvalue weighted by Crippen LogP contribution is -2.17. The second-order valence-corrected chi connectivity index (χ2v) is 2.88. The average molecular weight is 204 g/mol. The average Bonchev–Trinajstić information content (AvgIpc) is 2.28. The van der Waals surface area contributed by atoms with E-state index in [1.165, 1.54) is 0 Å². The normalized spacial score (nSPS) is 9.40. The second kappa shape index (κ2) is 5.10. The summed E-state index contributed by atoms with van der Waals surface area (Å²) in [5.74, 6) is -1.43. The molecular formula is C12H12O3. The molecule has 1 aromatic carbocycles. The zero-order valence-electron chi connectivity index (χ0n) is 8.53. The van der Waals surface area contributed by atoms with Crippen LogP contribution in [0.3, 0.4) is 0 Å². The van der Waals surface area contributed by atoms with Gasteiger partial charge < -0.3 is 4.74 Å². The lowest BCUT2D eigenvalue weighted by Gasteiger charge is -2.01. The molecule has 0 bridgehead atoms. The van der Waals surface area contributed by atoms with E-state index in [4.69, 9.17) is 0 Å². The molecule has 0 N–H and O–H groups in total. The molecule has 1 aromatic rings. The molecule has 0 aliphatic carbocycles. The minimum absolute atomic E-state index is 0.204. The molecule has 0 amide bonds. The highest BCUT2D eigenvalue weighted by Gasteiger charge is 2.16. The molecule has 1 rings (SSSR count). The Morgan fingerprint density at radius 3 is 2.40 bits per heavy atom. The molecular weight excluding hydrogens is 192 g/mol. The van der Waals surface area contributed by atoms with Crippen molar-refractivity contribution in [3.63, 3.8) is 0 Å². The number of benzene rings is 1. The third-order valence-corrected chi connectivity index (χ3v) is 1.87. The summed E-state index contributed by atoms with van der Waals surface area (Å²) in [6, 6.07) is 6.60. The Bertz CT molecular complexity index is 376. The van der Waals surface area contributed by atoms with Crippen molar-refractivity contribution in [2.45, 2.75) is 6.92 Å². The maximum atomic E-state index is 11.4. The Kier molecular flexibility index (Phi) is 3.80. The van der Waals surface area contributed by atoms with Crippen LogP contribution >= 0.6 is 0 Å². The van der Waals surface area contributed by atoms with Crippen LogP contribution in [0.2, 0.25) is 0 Å². The van der Waals surface area contributed by atoms with E-state index in [1.807, 2.05) is 0 Å². The minimum Gasteiger partial charge on any atom is -0.460 e. The van der Waals surface area contributed by atoms with E-state index in [9.17, 15) is 9.59 Å². The van der Waals surface area contributed by atoms with Crippen molar-refractivity contribution in [3.05, 3.63) is 42.0 Å². The summed E-state index contributed by atoms with van der Waals surface area (Å²) in [5.41, 5.74) is 1.23. The number of hydrogen-bond donors (Lipinski definition) is 0. The molecule has 0 heterocycles. The predicted octanol–water partition coefficient (Wildman–Crippen LogP) is 2.08. The van der Waals surface area contributed by atoms with Gasteiger partial charge in [-0.25, -0.2) is 4.79 Å². The molecule has 3 nitrogen and oxygen atoms in total. The second-order valence-electron chi connectivity index (χ2n) is 2.88. The van der Waals surface area contributed by atoms with Gasteiger partial charge >= 0.3 is 5.97 Å². The first-order valence-corrected chi connectivity index (χ1v) is 4.63. The molecule has 0 radical (unpaired) electrons. The van der Waals surface area contributed by atoms with E-state index in [0.717, 1.165) is 5.56 Å². The minimum atomic E-state index is -0.816. The number of carbonyl (C=O) groups is 2. The Morgan fingerprint density at radius 2 is 1.93 bits per heavy atom. The lowest BCUT2D eigenvalue weighted by atomic mass is 10.1. The maximum absolute atomic E-state index is 11.4. The van der Waals surface area contributed by atoms with E-state index in [1.54, 1.807) is 37.3 Å². The topological polar surface area (TPSA) is 43.4 Å². The number of hydrogen-bond acceptors (Lipinski definition) is 3. The third-order valence-electron chi connectivity index (χ3n) is 1.87. The molecule has 3 heteroatoms.